The molecular formula is C26H25N3O8S. The normalized spacial score (nSPS) is 12.8. The van der Waals surface area contributed by atoms with Crippen molar-refractivity contribution in [3.63, 3.8) is 0 Å². The highest BCUT2D eigenvalue weighted by atomic mass is 32.1. The lowest BCUT2D eigenvalue weighted by Gasteiger charge is -2.11. The second kappa shape index (κ2) is 11.7. The fourth-order valence-corrected chi connectivity index (χ4v) is 5.18. The van der Waals surface area contributed by atoms with Gasteiger partial charge in [0.1, 0.15) is 5.00 Å². The van der Waals surface area contributed by atoms with E-state index in [1.165, 1.54) is 44.0 Å². The fourth-order valence-electron chi connectivity index (χ4n) is 3.90. The molecule has 4 rings (SSSR count). The molecule has 1 aliphatic rings. The van der Waals surface area contributed by atoms with E-state index in [9.17, 15) is 19.2 Å². The molecule has 0 unspecified atom stereocenters. The van der Waals surface area contributed by atoms with E-state index in [1.54, 1.807) is 25.1 Å². The first-order chi connectivity index (χ1) is 18.3. The van der Waals surface area contributed by atoms with Crippen LogP contribution in [-0.2, 0) is 27.2 Å². The second-order valence-electron chi connectivity index (χ2n) is 8.23. The molecule has 2 heterocycles. The summed E-state index contributed by atoms with van der Waals surface area (Å²) in [5, 5.41) is 6.80. The number of esters is 2. The topological polar surface area (TPSA) is 146 Å². The number of furan rings is 1. The van der Waals surface area contributed by atoms with Crippen molar-refractivity contribution in [2.45, 2.75) is 32.6 Å². The molecule has 3 aromatic rings. The Labute approximate surface area is 221 Å². The van der Waals surface area contributed by atoms with Gasteiger partial charge in [-0.1, -0.05) is 0 Å². The molecule has 2 aromatic heterocycles. The van der Waals surface area contributed by atoms with E-state index in [0.29, 0.717) is 23.3 Å². The number of amides is 2. The van der Waals surface area contributed by atoms with Crippen molar-refractivity contribution in [3.05, 3.63) is 63.9 Å². The van der Waals surface area contributed by atoms with Crippen molar-refractivity contribution >= 4 is 45.8 Å². The highest BCUT2D eigenvalue weighted by molar-refractivity contribution is 7.17. The van der Waals surface area contributed by atoms with E-state index >= 15 is 0 Å². The Balaban J connectivity index is 1.43. The Bertz CT molecular complexity index is 1410. The Kier molecular flexibility index (Phi) is 8.22. The third-order valence-electron chi connectivity index (χ3n) is 5.83. The first-order valence-electron chi connectivity index (χ1n) is 11.6. The van der Waals surface area contributed by atoms with Gasteiger partial charge in [0, 0.05) is 10.4 Å². The van der Waals surface area contributed by atoms with E-state index in [4.69, 9.17) is 18.6 Å². The highest BCUT2D eigenvalue weighted by Gasteiger charge is 2.28. The van der Waals surface area contributed by atoms with Gasteiger partial charge < -0.3 is 23.9 Å². The molecule has 0 aliphatic heterocycles. The van der Waals surface area contributed by atoms with Crippen molar-refractivity contribution in [1.29, 1.82) is 0 Å². The summed E-state index contributed by atoms with van der Waals surface area (Å²) in [6.45, 7) is 1.62. The molecule has 1 aliphatic carbocycles. The molecule has 0 spiro atoms. The van der Waals surface area contributed by atoms with Gasteiger partial charge in [-0.25, -0.2) is 15.0 Å². The van der Waals surface area contributed by atoms with Gasteiger partial charge in [-0.2, -0.15) is 5.10 Å². The number of hydrazone groups is 1. The maximum absolute atomic E-state index is 12.6. The molecule has 1 aromatic carbocycles. The first-order valence-corrected chi connectivity index (χ1v) is 12.5. The van der Waals surface area contributed by atoms with Crippen molar-refractivity contribution < 1.29 is 37.8 Å². The number of nitrogens with one attached hydrogen (secondary N) is 2. The van der Waals surface area contributed by atoms with Crippen LogP contribution in [0.2, 0.25) is 0 Å². The average molecular weight is 540 g/mol. The van der Waals surface area contributed by atoms with E-state index in [-0.39, 0.29) is 22.3 Å². The number of hydrogen-bond donors (Lipinski definition) is 2. The van der Waals surface area contributed by atoms with Gasteiger partial charge in [-0.15, -0.1) is 11.3 Å². The molecule has 198 valence electrons. The lowest BCUT2D eigenvalue weighted by molar-refractivity contribution is -0.136. The summed E-state index contributed by atoms with van der Waals surface area (Å²) in [5.74, 6) is -2.78. The smallest absolute Gasteiger partial charge is 0.379 e. The van der Waals surface area contributed by atoms with Crippen LogP contribution >= 0.6 is 11.3 Å². The number of methoxy groups -OCH3 is 2. The summed E-state index contributed by atoms with van der Waals surface area (Å²) in [7, 11) is 2.68. The number of fused-ring (bicyclic) bond motifs is 1. The fraction of sp³-hybridized carbons (Fsp3) is 0.269. The van der Waals surface area contributed by atoms with Crippen molar-refractivity contribution in [2.24, 2.45) is 5.10 Å². The number of ether oxygens (including phenoxy) is 3. The van der Waals surface area contributed by atoms with Crippen LogP contribution < -0.4 is 20.2 Å². The molecule has 0 fully saturated rings. The Morgan fingerprint density at radius 3 is 2.50 bits per heavy atom. The van der Waals surface area contributed by atoms with E-state index < -0.39 is 23.8 Å². The summed E-state index contributed by atoms with van der Waals surface area (Å²) in [6.07, 6.45) is 4.81. The first kappa shape index (κ1) is 26.6. The molecule has 0 bridgehead atoms. The number of rotatable bonds is 7. The maximum atomic E-state index is 12.6. The molecule has 12 heteroatoms. The Morgan fingerprint density at radius 2 is 1.79 bits per heavy atom. The zero-order chi connectivity index (χ0) is 27.2. The average Bonchev–Trinajstić information content (AvgIpc) is 3.59. The Morgan fingerprint density at radius 1 is 1.00 bits per heavy atom. The number of carbonyl (C=O) groups excluding carboxylic acids is 4. The molecule has 0 radical (unpaired) electrons. The van der Waals surface area contributed by atoms with Crippen LogP contribution in [0.15, 0.2) is 46.1 Å². The van der Waals surface area contributed by atoms with E-state index in [1.807, 2.05) is 0 Å². The predicted octanol–water partition coefficient (Wildman–Crippen LogP) is 3.71. The summed E-state index contributed by atoms with van der Waals surface area (Å²) < 4.78 is 20.5. The number of nitrogens with zero attached hydrogens (tertiary/aromatic N) is 1. The van der Waals surface area contributed by atoms with Gasteiger partial charge in [0.15, 0.2) is 11.5 Å². The van der Waals surface area contributed by atoms with Crippen LogP contribution in [0.5, 0.6) is 11.5 Å². The summed E-state index contributed by atoms with van der Waals surface area (Å²) in [5.41, 5.74) is 4.28. The van der Waals surface area contributed by atoms with E-state index in [0.717, 1.165) is 29.7 Å². The minimum atomic E-state index is -1.01. The number of hydrogen-bond acceptors (Lipinski definition) is 10. The molecule has 0 saturated carbocycles. The molecular weight excluding hydrogens is 514 g/mol. The van der Waals surface area contributed by atoms with Crippen LogP contribution in [0.4, 0.5) is 5.00 Å². The number of thiophene rings is 1. The van der Waals surface area contributed by atoms with Crippen molar-refractivity contribution in [1.82, 2.24) is 5.43 Å². The van der Waals surface area contributed by atoms with Crippen LogP contribution in [0, 0.1) is 0 Å². The van der Waals surface area contributed by atoms with Gasteiger partial charge in [0.05, 0.1) is 31.8 Å². The maximum Gasteiger partial charge on any atom is 0.379 e. The van der Waals surface area contributed by atoms with Crippen molar-refractivity contribution in [3.8, 4) is 11.5 Å². The zero-order valence-electron chi connectivity index (χ0n) is 20.9. The lowest BCUT2D eigenvalue weighted by atomic mass is 9.95. The second-order valence-corrected chi connectivity index (χ2v) is 9.34. The van der Waals surface area contributed by atoms with E-state index in [2.05, 4.69) is 15.8 Å². The highest BCUT2D eigenvalue weighted by Crippen LogP contribution is 2.38. The zero-order valence-corrected chi connectivity index (χ0v) is 21.7. The number of benzene rings is 1. The number of anilines is 1. The van der Waals surface area contributed by atoms with Gasteiger partial charge >= 0.3 is 23.8 Å². The van der Waals surface area contributed by atoms with Gasteiger partial charge in [0.2, 0.25) is 5.76 Å². The van der Waals surface area contributed by atoms with Crippen LogP contribution in [0.1, 0.15) is 56.7 Å². The van der Waals surface area contributed by atoms with Crippen molar-refractivity contribution in [2.75, 3.05) is 19.5 Å². The summed E-state index contributed by atoms with van der Waals surface area (Å²) in [6, 6.07) is 7.72. The molecule has 38 heavy (non-hydrogen) atoms. The molecule has 0 saturated heterocycles. The standard InChI is InChI=1S/C26H25N3O8S/c1-14(15-10-11-17(19(13-15)34-2)37-25(32)18-8-6-12-36-18)28-29-23(31)22(30)27-24-21(26(33)35-3)16-7-4-5-9-20(16)38-24/h6,8,10-13H,4-5,7,9H2,1-3H3,(H,27,30)(H,29,31)/b28-14+. The van der Waals surface area contributed by atoms with Crippen LogP contribution in [0.25, 0.3) is 0 Å². The Hall–Kier alpha value is -4.45. The van der Waals surface area contributed by atoms with Crippen LogP contribution in [-0.4, -0.2) is 43.7 Å². The van der Waals surface area contributed by atoms with Crippen LogP contribution in [0.3, 0.4) is 0 Å². The SMILES string of the molecule is COC(=O)c1c(NC(=O)C(=O)N/N=C(\C)c2ccc(OC(=O)c3ccco3)c(OC)c2)sc2c1CCCC2. The minimum absolute atomic E-state index is 0.0382. The molecule has 2 N–H and O–H groups in total. The molecule has 11 nitrogen and oxygen atoms in total. The quantitative estimate of drug-likeness (QED) is 0.152. The largest absolute Gasteiger partial charge is 0.493 e. The van der Waals surface area contributed by atoms with Gasteiger partial charge in [0.25, 0.3) is 0 Å². The lowest BCUT2D eigenvalue weighted by Crippen LogP contribution is -2.33. The molecule has 0 atom stereocenters. The summed E-state index contributed by atoms with van der Waals surface area (Å²) >= 11 is 1.28. The predicted molar refractivity (Wildman–Crippen MR) is 138 cm³/mol. The van der Waals surface area contributed by atoms with Gasteiger partial charge in [-0.3, -0.25) is 9.59 Å². The van der Waals surface area contributed by atoms with Gasteiger partial charge in [-0.05, 0) is 68.5 Å². The molecule has 2 amide bonds. The third kappa shape index (κ3) is 5.75. The number of aryl methyl sites for hydroxylation is 1. The monoisotopic (exact) mass is 539 g/mol. The summed E-state index contributed by atoms with van der Waals surface area (Å²) in [4.78, 5) is 50.5. The third-order valence-corrected chi connectivity index (χ3v) is 7.03. The minimum Gasteiger partial charge on any atom is -0.493 e. The number of carbonyl (C=O) groups is 4.